The number of imidazole rings is 1. The van der Waals surface area contributed by atoms with Crippen LogP contribution in [0.3, 0.4) is 0 Å². The molecule has 8 nitrogen and oxygen atoms in total. The molecular formula is C15H17N5O3S. The quantitative estimate of drug-likeness (QED) is 0.753. The Hall–Kier alpha value is -2.52. The van der Waals surface area contributed by atoms with Crippen LogP contribution in [0.15, 0.2) is 40.1 Å². The van der Waals surface area contributed by atoms with Gasteiger partial charge >= 0.3 is 0 Å². The summed E-state index contributed by atoms with van der Waals surface area (Å²) in [6.45, 7) is 5.17. The number of aryl methyl sites for hydroxylation is 3. The second-order valence-electron chi connectivity index (χ2n) is 5.35. The molecule has 3 heterocycles. The summed E-state index contributed by atoms with van der Waals surface area (Å²) in [4.78, 5) is 8.57. The van der Waals surface area contributed by atoms with E-state index in [1.165, 1.54) is 0 Å². The summed E-state index contributed by atoms with van der Waals surface area (Å²) in [7, 11) is -3.69. The molecule has 0 saturated carbocycles. The lowest BCUT2D eigenvalue weighted by Gasteiger charge is -2.08. The van der Waals surface area contributed by atoms with E-state index < -0.39 is 10.0 Å². The third-order valence-electron chi connectivity index (χ3n) is 3.58. The average molecular weight is 347 g/mol. The summed E-state index contributed by atoms with van der Waals surface area (Å²) in [5.41, 5.74) is 1.08. The van der Waals surface area contributed by atoms with Crippen molar-refractivity contribution in [1.29, 1.82) is 0 Å². The van der Waals surface area contributed by atoms with E-state index in [0.717, 1.165) is 17.2 Å². The lowest BCUT2D eigenvalue weighted by atomic mass is 10.3. The predicted octanol–water partition coefficient (Wildman–Crippen LogP) is 1.66. The monoisotopic (exact) mass is 347 g/mol. The van der Waals surface area contributed by atoms with Gasteiger partial charge in [0.05, 0.1) is 0 Å². The molecule has 0 aromatic carbocycles. The number of nitrogens with one attached hydrogen (secondary N) is 1. The van der Waals surface area contributed by atoms with Gasteiger partial charge in [-0.25, -0.2) is 23.1 Å². The van der Waals surface area contributed by atoms with Crippen LogP contribution in [0.2, 0.25) is 0 Å². The first-order valence-electron chi connectivity index (χ1n) is 7.26. The molecule has 24 heavy (non-hydrogen) atoms. The molecule has 0 spiro atoms. The first-order valence-corrected chi connectivity index (χ1v) is 8.74. The summed E-state index contributed by atoms with van der Waals surface area (Å²) in [6.07, 6.45) is 5.14. The van der Waals surface area contributed by atoms with E-state index >= 15 is 0 Å². The van der Waals surface area contributed by atoms with Gasteiger partial charge in [0.15, 0.2) is 5.76 Å². The van der Waals surface area contributed by atoms with Crippen LogP contribution in [-0.4, -0.2) is 28.1 Å². The maximum absolute atomic E-state index is 12.4. The Balaban J connectivity index is 1.74. The van der Waals surface area contributed by atoms with E-state index in [1.54, 1.807) is 26.2 Å². The molecule has 9 heteroatoms. The molecule has 3 aromatic heterocycles. The molecule has 126 valence electrons. The molecule has 0 aliphatic rings. The highest BCUT2D eigenvalue weighted by atomic mass is 32.2. The molecule has 0 fully saturated rings. The van der Waals surface area contributed by atoms with Crippen molar-refractivity contribution in [3.63, 3.8) is 0 Å². The van der Waals surface area contributed by atoms with Gasteiger partial charge in [0.25, 0.3) is 0 Å². The van der Waals surface area contributed by atoms with Gasteiger partial charge in [0, 0.05) is 25.1 Å². The zero-order valence-corrected chi connectivity index (χ0v) is 14.3. The Kier molecular flexibility index (Phi) is 4.20. The van der Waals surface area contributed by atoms with Crippen molar-refractivity contribution in [1.82, 2.24) is 24.4 Å². The Morgan fingerprint density at radius 1 is 1.21 bits per heavy atom. The normalized spacial score (nSPS) is 11.8. The van der Waals surface area contributed by atoms with Crippen LogP contribution in [-0.2, 0) is 16.6 Å². The summed E-state index contributed by atoms with van der Waals surface area (Å²) >= 11 is 0. The van der Waals surface area contributed by atoms with Crippen molar-refractivity contribution in [2.45, 2.75) is 32.2 Å². The lowest BCUT2D eigenvalue weighted by molar-refractivity contribution is 0.390. The molecule has 0 bridgehead atoms. The van der Waals surface area contributed by atoms with Crippen LogP contribution in [0.4, 0.5) is 0 Å². The van der Waals surface area contributed by atoms with Gasteiger partial charge in [-0.3, -0.25) is 4.57 Å². The Labute approximate surface area is 139 Å². The minimum Gasteiger partial charge on any atom is -0.360 e. The fourth-order valence-corrected chi connectivity index (χ4v) is 3.74. The van der Waals surface area contributed by atoms with Gasteiger partial charge in [-0.1, -0.05) is 11.2 Å². The average Bonchev–Trinajstić information content (AvgIpc) is 3.12. The largest absolute Gasteiger partial charge is 0.360 e. The number of hydrogen-bond acceptors (Lipinski definition) is 6. The van der Waals surface area contributed by atoms with E-state index in [-0.39, 0.29) is 17.2 Å². The van der Waals surface area contributed by atoms with Gasteiger partial charge in [-0.15, -0.1) is 0 Å². The first-order chi connectivity index (χ1) is 11.4. The summed E-state index contributed by atoms with van der Waals surface area (Å²) in [5.74, 6) is 1.82. The highest BCUT2D eigenvalue weighted by molar-refractivity contribution is 7.89. The van der Waals surface area contributed by atoms with Crippen molar-refractivity contribution in [3.8, 4) is 5.82 Å². The van der Waals surface area contributed by atoms with E-state index in [2.05, 4.69) is 19.8 Å². The van der Waals surface area contributed by atoms with Crippen LogP contribution in [0.25, 0.3) is 5.82 Å². The van der Waals surface area contributed by atoms with Crippen molar-refractivity contribution in [3.05, 3.63) is 53.6 Å². The Bertz CT molecular complexity index is 938. The van der Waals surface area contributed by atoms with Crippen molar-refractivity contribution in [2.75, 3.05) is 0 Å². The third kappa shape index (κ3) is 3.08. The smallest absolute Gasteiger partial charge is 0.246 e. The number of sulfonamides is 1. The van der Waals surface area contributed by atoms with Crippen molar-refractivity contribution >= 4 is 10.0 Å². The Morgan fingerprint density at radius 3 is 2.54 bits per heavy atom. The summed E-state index contributed by atoms with van der Waals surface area (Å²) < 4.78 is 34.0. The lowest BCUT2D eigenvalue weighted by Crippen LogP contribution is -2.24. The van der Waals surface area contributed by atoms with Crippen LogP contribution in [0.5, 0.6) is 0 Å². The van der Waals surface area contributed by atoms with Crippen LogP contribution < -0.4 is 4.72 Å². The molecule has 0 radical (unpaired) electrons. The molecule has 0 amide bonds. The second kappa shape index (κ2) is 6.17. The minimum absolute atomic E-state index is 0.0844. The van der Waals surface area contributed by atoms with E-state index in [9.17, 15) is 8.42 Å². The van der Waals surface area contributed by atoms with Gasteiger partial charge < -0.3 is 4.52 Å². The SMILES string of the molecule is Cc1noc(C)c1S(=O)(=O)NCc1ccc(-n2ccnc2C)nc1. The third-order valence-corrected chi connectivity index (χ3v) is 5.23. The van der Waals surface area contributed by atoms with Gasteiger partial charge in [0.2, 0.25) is 10.0 Å². The van der Waals surface area contributed by atoms with Crippen LogP contribution in [0, 0.1) is 20.8 Å². The number of nitrogens with zero attached hydrogens (tertiary/aromatic N) is 4. The standard InChI is InChI=1S/C15H17N5O3S/c1-10-15(11(2)23-19-10)24(21,22)18-9-13-4-5-14(17-8-13)20-7-6-16-12(20)3/h4-8,18H,9H2,1-3H3. The second-order valence-corrected chi connectivity index (χ2v) is 7.05. The molecular weight excluding hydrogens is 330 g/mol. The van der Waals surface area contributed by atoms with Crippen molar-refractivity contribution < 1.29 is 12.9 Å². The van der Waals surface area contributed by atoms with Crippen LogP contribution >= 0.6 is 0 Å². The molecule has 0 unspecified atom stereocenters. The molecule has 0 atom stereocenters. The zero-order valence-electron chi connectivity index (χ0n) is 13.5. The zero-order chi connectivity index (χ0) is 17.3. The topological polar surface area (TPSA) is 103 Å². The fourth-order valence-electron chi connectivity index (χ4n) is 2.39. The molecule has 0 aliphatic carbocycles. The minimum atomic E-state index is -3.69. The number of hydrogen-bond donors (Lipinski definition) is 1. The molecule has 3 aromatic rings. The number of pyridine rings is 1. The van der Waals surface area contributed by atoms with Crippen molar-refractivity contribution in [2.24, 2.45) is 0 Å². The van der Waals surface area contributed by atoms with Gasteiger partial charge in [-0.05, 0) is 32.4 Å². The highest BCUT2D eigenvalue weighted by Crippen LogP contribution is 2.19. The van der Waals surface area contributed by atoms with Gasteiger partial charge in [0.1, 0.15) is 22.2 Å². The fraction of sp³-hybridized carbons (Fsp3) is 0.267. The number of rotatable bonds is 5. The van der Waals surface area contributed by atoms with Gasteiger partial charge in [-0.2, -0.15) is 0 Å². The molecule has 3 rings (SSSR count). The predicted molar refractivity (Wildman–Crippen MR) is 86.1 cm³/mol. The summed E-state index contributed by atoms with van der Waals surface area (Å²) in [6, 6.07) is 3.63. The first kappa shape index (κ1) is 16.3. The molecule has 1 N–H and O–H groups in total. The highest BCUT2D eigenvalue weighted by Gasteiger charge is 2.23. The Morgan fingerprint density at radius 2 is 2.00 bits per heavy atom. The van der Waals surface area contributed by atoms with Crippen LogP contribution in [0.1, 0.15) is 22.8 Å². The van der Waals surface area contributed by atoms with E-state index in [0.29, 0.717) is 5.69 Å². The van der Waals surface area contributed by atoms with E-state index in [1.807, 2.05) is 29.8 Å². The van der Waals surface area contributed by atoms with E-state index in [4.69, 9.17) is 4.52 Å². The maximum atomic E-state index is 12.4. The maximum Gasteiger partial charge on any atom is 0.246 e. The molecule has 0 aliphatic heterocycles. The number of aromatic nitrogens is 4. The molecule has 0 saturated heterocycles. The summed E-state index contributed by atoms with van der Waals surface area (Å²) in [5, 5.41) is 3.67.